The van der Waals surface area contributed by atoms with Gasteiger partial charge < -0.3 is 10.6 Å². The molecule has 2 N–H and O–H groups in total. The summed E-state index contributed by atoms with van der Waals surface area (Å²) >= 11 is 0. The molecular formula is C18H22N4O2. The van der Waals surface area contributed by atoms with Crippen molar-refractivity contribution in [2.24, 2.45) is 0 Å². The minimum Gasteiger partial charge on any atom is -0.355 e. The van der Waals surface area contributed by atoms with Crippen molar-refractivity contribution in [2.75, 3.05) is 13.1 Å². The summed E-state index contributed by atoms with van der Waals surface area (Å²) in [6, 6.07) is 10.1. The van der Waals surface area contributed by atoms with Gasteiger partial charge in [0.2, 0.25) is 5.91 Å². The molecule has 0 aliphatic carbocycles. The number of hydrogen-bond acceptors (Lipinski definition) is 4. The van der Waals surface area contributed by atoms with Gasteiger partial charge in [-0.3, -0.25) is 14.6 Å². The van der Waals surface area contributed by atoms with E-state index in [9.17, 15) is 9.59 Å². The third-order valence-corrected chi connectivity index (χ3v) is 3.74. The van der Waals surface area contributed by atoms with Crippen LogP contribution in [-0.4, -0.2) is 34.9 Å². The summed E-state index contributed by atoms with van der Waals surface area (Å²) in [5, 5.41) is 5.59. The Kier molecular flexibility index (Phi) is 6.89. The van der Waals surface area contributed by atoms with E-state index in [1.807, 2.05) is 18.2 Å². The Morgan fingerprint density at radius 1 is 1.12 bits per heavy atom. The molecule has 1 aromatic carbocycles. The zero-order chi connectivity index (χ0) is 17.2. The molecule has 0 saturated carbocycles. The molecule has 2 aromatic rings. The average molecular weight is 326 g/mol. The third kappa shape index (κ3) is 5.46. The Bertz CT molecular complexity index is 647. The molecule has 24 heavy (non-hydrogen) atoms. The van der Waals surface area contributed by atoms with E-state index < -0.39 is 0 Å². The lowest BCUT2D eigenvalue weighted by molar-refractivity contribution is -0.121. The summed E-state index contributed by atoms with van der Waals surface area (Å²) in [7, 11) is 0. The van der Waals surface area contributed by atoms with Crippen molar-refractivity contribution in [3.05, 3.63) is 60.2 Å². The molecule has 6 nitrogen and oxygen atoms in total. The number of rotatable bonds is 8. The minimum atomic E-state index is -0.327. The van der Waals surface area contributed by atoms with Crippen LogP contribution in [-0.2, 0) is 4.79 Å². The zero-order valence-electron chi connectivity index (χ0n) is 13.7. The number of hydrogen-bond donors (Lipinski definition) is 2. The maximum Gasteiger partial charge on any atom is 0.271 e. The molecule has 1 aromatic heterocycles. The first-order chi connectivity index (χ1) is 11.7. The van der Waals surface area contributed by atoms with E-state index >= 15 is 0 Å². The van der Waals surface area contributed by atoms with Crippen LogP contribution in [0.4, 0.5) is 0 Å². The standard InChI is InChI=1S/C18H22N4O2/c1-2-14(15-6-4-3-5-7-15)12-22-17(23)8-9-21-18(24)16-13-19-10-11-20-16/h3-7,10-11,13-14H,2,8-9,12H2,1H3,(H,21,24)(H,22,23)/t14-/m0/s1. The molecule has 1 atom stereocenters. The highest BCUT2D eigenvalue weighted by Gasteiger charge is 2.11. The van der Waals surface area contributed by atoms with Crippen LogP contribution >= 0.6 is 0 Å². The van der Waals surface area contributed by atoms with E-state index in [1.165, 1.54) is 24.2 Å². The molecule has 0 spiro atoms. The van der Waals surface area contributed by atoms with Crippen molar-refractivity contribution in [2.45, 2.75) is 25.7 Å². The lowest BCUT2D eigenvalue weighted by atomic mass is 9.96. The van der Waals surface area contributed by atoms with Gasteiger partial charge in [0.05, 0.1) is 6.20 Å². The van der Waals surface area contributed by atoms with E-state index in [0.717, 1.165) is 6.42 Å². The van der Waals surface area contributed by atoms with Crippen LogP contribution in [0.1, 0.15) is 41.7 Å². The molecule has 0 unspecified atom stereocenters. The van der Waals surface area contributed by atoms with Crippen molar-refractivity contribution < 1.29 is 9.59 Å². The van der Waals surface area contributed by atoms with Crippen LogP contribution in [0.25, 0.3) is 0 Å². The summed E-state index contributed by atoms with van der Waals surface area (Å²) in [4.78, 5) is 31.4. The van der Waals surface area contributed by atoms with Crippen LogP contribution in [0.3, 0.4) is 0 Å². The van der Waals surface area contributed by atoms with Gasteiger partial charge in [0, 0.05) is 37.8 Å². The fourth-order valence-electron chi connectivity index (χ4n) is 2.34. The summed E-state index contributed by atoms with van der Waals surface area (Å²) in [6.45, 7) is 2.96. The van der Waals surface area contributed by atoms with Gasteiger partial charge in [0.25, 0.3) is 5.91 Å². The molecule has 126 valence electrons. The SMILES string of the molecule is CC[C@@H](CNC(=O)CCNC(=O)c1cnccn1)c1ccccc1. The van der Waals surface area contributed by atoms with Crippen LogP contribution in [0, 0.1) is 0 Å². The predicted molar refractivity (Wildman–Crippen MR) is 91.5 cm³/mol. The van der Waals surface area contributed by atoms with E-state index in [-0.39, 0.29) is 30.5 Å². The highest BCUT2D eigenvalue weighted by Crippen LogP contribution is 2.17. The van der Waals surface area contributed by atoms with Crippen LogP contribution < -0.4 is 10.6 Å². The maximum absolute atomic E-state index is 11.9. The number of carbonyl (C=O) groups is 2. The minimum absolute atomic E-state index is 0.0798. The normalized spacial score (nSPS) is 11.5. The summed E-state index contributed by atoms with van der Waals surface area (Å²) in [6.07, 6.45) is 5.53. The fourth-order valence-corrected chi connectivity index (χ4v) is 2.34. The van der Waals surface area contributed by atoms with Crippen LogP contribution in [0.2, 0.25) is 0 Å². The van der Waals surface area contributed by atoms with Crippen molar-refractivity contribution in [1.82, 2.24) is 20.6 Å². The van der Waals surface area contributed by atoms with Crippen LogP contribution in [0.15, 0.2) is 48.9 Å². The predicted octanol–water partition coefficient (Wildman–Crippen LogP) is 1.91. The first kappa shape index (κ1) is 17.6. The second kappa shape index (κ2) is 9.39. The number of nitrogens with one attached hydrogen (secondary N) is 2. The molecule has 0 fully saturated rings. The molecular weight excluding hydrogens is 304 g/mol. The Morgan fingerprint density at radius 2 is 1.92 bits per heavy atom. The van der Waals surface area contributed by atoms with Gasteiger partial charge in [0.1, 0.15) is 5.69 Å². The summed E-state index contributed by atoms with van der Waals surface area (Å²) < 4.78 is 0. The van der Waals surface area contributed by atoms with Gasteiger partial charge in [-0.25, -0.2) is 4.98 Å². The van der Waals surface area contributed by atoms with E-state index in [0.29, 0.717) is 12.5 Å². The number of benzene rings is 1. The lowest BCUT2D eigenvalue weighted by Gasteiger charge is -2.16. The maximum atomic E-state index is 11.9. The molecule has 6 heteroatoms. The molecule has 0 bridgehead atoms. The van der Waals surface area contributed by atoms with E-state index in [2.05, 4.69) is 39.7 Å². The van der Waals surface area contributed by atoms with Crippen molar-refractivity contribution in [3.63, 3.8) is 0 Å². The van der Waals surface area contributed by atoms with Crippen LogP contribution in [0.5, 0.6) is 0 Å². The van der Waals surface area contributed by atoms with Gasteiger partial charge in [-0.05, 0) is 12.0 Å². The molecule has 1 heterocycles. The summed E-state index contributed by atoms with van der Waals surface area (Å²) in [5.41, 5.74) is 1.46. The third-order valence-electron chi connectivity index (χ3n) is 3.74. The fraction of sp³-hybridized carbons (Fsp3) is 0.333. The Balaban J connectivity index is 1.70. The zero-order valence-corrected chi connectivity index (χ0v) is 13.7. The van der Waals surface area contributed by atoms with Gasteiger partial charge >= 0.3 is 0 Å². The number of aromatic nitrogens is 2. The Hall–Kier alpha value is -2.76. The monoisotopic (exact) mass is 326 g/mol. The van der Waals surface area contributed by atoms with Gasteiger partial charge in [-0.15, -0.1) is 0 Å². The lowest BCUT2D eigenvalue weighted by Crippen LogP contribution is -2.33. The quantitative estimate of drug-likeness (QED) is 0.776. The number of amides is 2. The molecule has 0 saturated heterocycles. The topological polar surface area (TPSA) is 84.0 Å². The summed E-state index contributed by atoms with van der Waals surface area (Å²) in [5.74, 6) is -0.111. The van der Waals surface area contributed by atoms with Gasteiger partial charge in [-0.2, -0.15) is 0 Å². The molecule has 0 aliphatic rings. The average Bonchev–Trinajstić information content (AvgIpc) is 2.64. The van der Waals surface area contributed by atoms with Gasteiger partial charge in [-0.1, -0.05) is 37.3 Å². The smallest absolute Gasteiger partial charge is 0.271 e. The van der Waals surface area contributed by atoms with Crippen molar-refractivity contribution in [3.8, 4) is 0 Å². The largest absolute Gasteiger partial charge is 0.355 e. The molecule has 0 aliphatic heterocycles. The second-order valence-electron chi connectivity index (χ2n) is 5.42. The molecule has 2 rings (SSSR count). The molecule has 0 radical (unpaired) electrons. The second-order valence-corrected chi connectivity index (χ2v) is 5.42. The highest BCUT2D eigenvalue weighted by molar-refractivity contribution is 5.92. The van der Waals surface area contributed by atoms with E-state index in [1.54, 1.807) is 0 Å². The molecule has 2 amide bonds. The number of nitrogens with zero attached hydrogens (tertiary/aromatic N) is 2. The Labute approximate surface area is 141 Å². The van der Waals surface area contributed by atoms with E-state index in [4.69, 9.17) is 0 Å². The first-order valence-electron chi connectivity index (χ1n) is 8.06. The number of carbonyl (C=O) groups excluding carboxylic acids is 2. The van der Waals surface area contributed by atoms with Crippen molar-refractivity contribution >= 4 is 11.8 Å². The first-order valence-corrected chi connectivity index (χ1v) is 8.06. The van der Waals surface area contributed by atoms with Gasteiger partial charge in [0.15, 0.2) is 0 Å². The highest BCUT2D eigenvalue weighted by atomic mass is 16.2. The Morgan fingerprint density at radius 3 is 2.58 bits per heavy atom. The van der Waals surface area contributed by atoms with Crippen molar-refractivity contribution in [1.29, 1.82) is 0 Å².